The minimum atomic E-state index is -4.63. The molecule has 0 unspecified atom stereocenters. The van der Waals surface area contributed by atoms with Crippen LogP contribution in [0.1, 0.15) is 0 Å². The van der Waals surface area contributed by atoms with Crippen LogP contribution in [0, 0.1) is 0 Å². The van der Waals surface area contributed by atoms with Crippen LogP contribution in [0.3, 0.4) is 0 Å². The van der Waals surface area contributed by atoms with Crippen molar-refractivity contribution in [3.8, 4) is 0 Å². The predicted molar refractivity (Wildman–Crippen MR) is 43.8 cm³/mol. The van der Waals surface area contributed by atoms with Crippen molar-refractivity contribution in [1.82, 2.24) is 0 Å². The van der Waals surface area contributed by atoms with Crippen molar-refractivity contribution in [3.63, 3.8) is 0 Å². The number of hydrogen-bond acceptors (Lipinski definition) is 3. The molecule has 0 saturated heterocycles. The second kappa shape index (κ2) is 5.08. The zero-order chi connectivity index (χ0) is 8.48. The van der Waals surface area contributed by atoms with Crippen molar-refractivity contribution in [3.05, 3.63) is 29.3 Å². The molecule has 60 valence electrons. The molecule has 0 amide bonds. The summed E-state index contributed by atoms with van der Waals surface area (Å²) in [5, 5.41) is -0.0283. The topological polar surface area (TPSA) is 69.2 Å². The van der Waals surface area contributed by atoms with E-state index in [4.69, 9.17) is 11.6 Å². The summed E-state index contributed by atoms with van der Waals surface area (Å²) in [6.45, 7) is 0. The molecule has 0 aliphatic rings. The van der Waals surface area contributed by atoms with Crippen molar-refractivity contribution in [2.24, 2.45) is 0 Å². The molecule has 0 atom stereocenters. The molecule has 12 heavy (non-hydrogen) atoms. The quantitative estimate of drug-likeness (QED) is 0.432. The molecule has 0 aromatic heterocycles. The summed E-state index contributed by atoms with van der Waals surface area (Å²) >= 11 is 5.45. The van der Waals surface area contributed by atoms with Gasteiger partial charge in [0.25, 0.3) is 0 Å². The molecule has 1 aromatic rings. The third-order valence-electron chi connectivity index (χ3n) is 1.12. The largest absolute Gasteiger partial charge is 2.00 e. The Labute approximate surface area is 106 Å². The normalized spacial score (nSPS) is 10.7. The third-order valence-corrected chi connectivity index (χ3v) is 2.27. The van der Waals surface area contributed by atoms with E-state index in [-0.39, 0.29) is 48.1 Å². The summed E-state index contributed by atoms with van der Waals surface area (Å²) in [7, 11) is -4.63. The Morgan fingerprint density at radius 1 is 1.17 bits per heavy atom. The maximum Gasteiger partial charge on any atom is 2.00 e. The van der Waals surface area contributed by atoms with Crippen LogP contribution in [0.4, 0.5) is 0 Å². The van der Waals surface area contributed by atoms with Gasteiger partial charge in [-0.3, -0.25) is 0 Å². The van der Waals surface area contributed by atoms with Crippen LogP contribution in [0.15, 0.2) is 24.3 Å². The number of benzene rings is 1. The minimum absolute atomic E-state index is 0. The third kappa shape index (κ3) is 3.86. The SMILES string of the molecule is [Ca+2].[O-][P+]([O-])([O-])c1cccc(Cl)c1. The maximum atomic E-state index is 10.4. The van der Waals surface area contributed by atoms with Gasteiger partial charge < -0.3 is 14.7 Å². The molecule has 1 aromatic carbocycles. The monoisotopic (exact) mass is 230 g/mol. The maximum absolute atomic E-state index is 10.4. The van der Waals surface area contributed by atoms with Gasteiger partial charge in [0.2, 0.25) is 0 Å². The van der Waals surface area contributed by atoms with Gasteiger partial charge in [-0.25, -0.2) is 0 Å². The fourth-order valence-electron chi connectivity index (χ4n) is 0.646. The van der Waals surface area contributed by atoms with E-state index in [9.17, 15) is 14.7 Å². The Morgan fingerprint density at radius 3 is 2.08 bits per heavy atom. The molecule has 0 heterocycles. The van der Waals surface area contributed by atoms with Gasteiger partial charge in [-0.15, -0.1) is 7.94 Å². The molecule has 0 fully saturated rings. The van der Waals surface area contributed by atoms with Crippen LogP contribution in [-0.4, -0.2) is 37.7 Å². The predicted octanol–water partition coefficient (Wildman–Crippen LogP) is -1.57. The molecule has 0 bridgehead atoms. The van der Waals surface area contributed by atoms with E-state index >= 15 is 0 Å². The number of hydrogen-bond donors (Lipinski definition) is 0. The molecule has 0 aliphatic carbocycles. The summed E-state index contributed by atoms with van der Waals surface area (Å²) in [4.78, 5) is 31.2. The molecule has 0 N–H and O–H groups in total. The first-order chi connectivity index (χ1) is 5.00. The van der Waals surface area contributed by atoms with Gasteiger partial charge in [0.05, 0.1) is 5.30 Å². The molecule has 0 radical (unpaired) electrons. The summed E-state index contributed by atoms with van der Waals surface area (Å²) in [6.07, 6.45) is 0. The van der Waals surface area contributed by atoms with Gasteiger partial charge in [-0.05, 0) is 18.2 Å². The fourth-order valence-corrected chi connectivity index (χ4v) is 1.48. The Balaban J connectivity index is 0.00000121. The number of halogens is 1. The fraction of sp³-hybridized carbons (Fsp3) is 0. The Bertz CT molecular complexity index is 263. The Hall–Kier alpha value is 1.08. The van der Waals surface area contributed by atoms with E-state index in [1.807, 2.05) is 0 Å². The van der Waals surface area contributed by atoms with Crippen LogP contribution >= 0.6 is 19.5 Å². The van der Waals surface area contributed by atoms with Crippen LogP contribution in [-0.2, 0) is 0 Å². The van der Waals surface area contributed by atoms with E-state index in [2.05, 4.69) is 0 Å². The van der Waals surface area contributed by atoms with E-state index in [1.54, 1.807) is 0 Å². The van der Waals surface area contributed by atoms with Gasteiger partial charge in [0.1, 0.15) is 0 Å². The molecular formula is C6H4CaClO3P. The zero-order valence-corrected chi connectivity index (χ0v) is 9.93. The standard InChI is InChI=1S/C6H6ClO3P.Ca/c7-5-2-1-3-6(4-5)11(8,9)10;/h1-4H,(H2,8,9,10);/q;+2/p-2. The molecule has 0 saturated carbocycles. The average molecular weight is 231 g/mol. The molecule has 3 nitrogen and oxygen atoms in total. The van der Waals surface area contributed by atoms with Crippen LogP contribution in [0.2, 0.25) is 5.02 Å². The van der Waals surface area contributed by atoms with Gasteiger partial charge in [0.15, 0.2) is 0 Å². The van der Waals surface area contributed by atoms with Crippen LogP contribution in [0.25, 0.3) is 0 Å². The van der Waals surface area contributed by atoms with Gasteiger partial charge in [-0.1, -0.05) is 17.7 Å². The Morgan fingerprint density at radius 2 is 1.75 bits per heavy atom. The van der Waals surface area contributed by atoms with Crippen molar-refractivity contribution >= 4 is 62.6 Å². The van der Waals surface area contributed by atoms with Crippen molar-refractivity contribution < 1.29 is 14.7 Å². The number of rotatable bonds is 1. The van der Waals surface area contributed by atoms with Crippen LogP contribution < -0.4 is 20.0 Å². The van der Waals surface area contributed by atoms with Gasteiger partial charge in [0, 0.05) is 5.02 Å². The van der Waals surface area contributed by atoms with E-state index in [1.165, 1.54) is 18.2 Å². The molecular weight excluding hydrogens is 227 g/mol. The van der Waals surface area contributed by atoms with Crippen LogP contribution in [0.5, 0.6) is 0 Å². The summed E-state index contributed by atoms with van der Waals surface area (Å²) < 4.78 is 0. The first-order valence-electron chi connectivity index (χ1n) is 2.78. The van der Waals surface area contributed by atoms with E-state index in [0.29, 0.717) is 0 Å². The van der Waals surface area contributed by atoms with Gasteiger partial charge in [-0.2, -0.15) is 0 Å². The average Bonchev–Trinajstić information content (AvgIpc) is 1.86. The zero-order valence-electron chi connectivity index (χ0n) is 6.07. The first kappa shape index (κ1) is 13.1. The second-order valence-electron chi connectivity index (χ2n) is 1.98. The second-order valence-corrected chi connectivity index (χ2v) is 3.93. The van der Waals surface area contributed by atoms with Crippen molar-refractivity contribution in [2.45, 2.75) is 0 Å². The molecule has 1 rings (SSSR count). The first-order valence-corrected chi connectivity index (χ1v) is 4.70. The Kier molecular flexibility index (Phi) is 5.54. The molecule has 0 aliphatic heterocycles. The van der Waals surface area contributed by atoms with Gasteiger partial charge >= 0.3 is 37.7 Å². The van der Waals surface area contributed by atoms with Crippen molar-refractivity contribution in [2.75, 3.05) is 0 Å². The summed E-state index contributed by atoms with van der Waals surface area (Å²) in [6, 6.07) is 5.26. The smallest absolute Gasteiger partial charge is 0.683 e. The molecule has 0 spiro atoms. The van der Waals surface area contributed by atoms with E-state index in [0.717, 1.165) is 6.07 Å². The summed E-state index contributed by atoms with van der Waals surface area (Å²) in [5.41, 5.74) is 0. The van der Waals surface area contributed by atoms with E-state index < -0.39 is 7.94 Å². The summed E-state index contributed by atoms with van der Waals surface area (Å²) in [5.74, 6) is 0. The minimum Gasteiger partial charge on any atom is -0.683 e. The molecule has 6 heteroatoms. The van der Waals surface area contributed by atoms with Crippen molar-refractivity contribution in [1.29, 1.82) is 0 Å².